The van der Waals surface area contributed by atoms with Crippen LogP contribution in [-0.2, 0) is 29.3 Å². The quantitative estimate of drug-likeness (QED) is 0.333. The lowest BCUT2D eigenvalue weighted by atomic mass is 10.1. The van der Waals surface area contributed by atoms with Crippen LogP contribution >= 0.6 is 0 Å². The number of carbonyl (C=O) groups is 3. The normalized spacial score (nSPS) is 24.9. The lowest BCUT2D eigenvalue weighted by Crippen LogP contribution is -2.59. The van der Waals surface area contributed by atoms with E-state index in [1.165, 1.54) is 18.4 Å². The molecule has 0 aromatic rings. The van der Waals surface area contributed by atoms with Gasteiger partial charge in [-0.15, -0.1) is 0 Å². The number of aliphatic carboxylic acids is 1. The summed E-state index contributed by atoms with van der Waals surface area (Å²) in [5, 5.41) is 11.5. The molecule has 0 radical (unpaired) electrons. The van der Waals surface area contributed by atoms with Crippen LogP contribution in [0.4, 0.5) is 0 Å². The third-order valence-electron chi connectivity index (χ3n) is 4.71. The van der Waals surface area contributed by atoms with Crippen molar-refractivity contribution >= 4 is 27.9 Å². The van der Waals surface area contributed by atoms with Gasteiger partial charge in [0.05, 0.1) is 6.17 Å². The number of rotatable bonds is 9. The number of carboxylic acids is 1. The van der Waals surface area contributed by atoms with Crippen LogP contribution in [0.2, 0.25) is 0 Å². The molecule has 1 amide bonds. The fourth-order valence-electron chi connectivity index (χ4n) is 3.07. The summed E-state index contributed by atoms with van der Waals surface area (Å²) < 4.78 is 31.7. The predicted molar refractivity (Wildman–Crippen MR) is 98.4 cm³/mol. The molecule has 2 aliphatic heterocycles. The molecule has 2 heterocycles. The van der Waals surface area contributed by atoms with Crippen molar-refractivity contribution in [3.63, 3.8) is 0 Å². The lowest BCUT2D eigenvalue weighted by molar-refractivity contribution is -0.140. The van der Waals surface area contributed by atoms with Crippen LogP contribution in [0, 0.1) is 5.92 Å². The smallest absolute Gasteiger partial charge is 0.336 e. The van der Waals surface area contributed by atoms with Crippen LogP contribution in [0.1, 0.15) is 20.3 Å². The second kappa shape index (κ2) is 8.82. The first kappa shape index (κ1) is 22.7. The van der Waals surface area contributed by atoms with E-state index in [4.69, 9.17) is 9.84 Å². The minimum atomic E-state index is -3.50. The number of carboxylic acid groups (broad SMARTS) is 1. The van der Waals surface area contributed by atoms with Crippen molar-refractivity contribution in [2.24, 2.45) is 5.92 Å². The first-order chi connectivity index (χ1) is 12.9. The van der Waals surface area contributed by atoms with E-state index in [-0.39, 0.29) is 19.0 Å². The molecule has 0 aromatic carbocycles. The van der Waals surface area contributed by atoms with E-state index < -0.39 is 46.2 Å². The Labute approximate surface area is 164 Å². The van der Waals surface area contributed by atoms with Crippen molar-refractivity contribution in [2.75, 3.05) is 40.3 Å². The molecule has 0 spiro atoms. The molecule has 0 aromatic heterocycles. The monoisotopic (exact) mass is 420 g/mol. The molecule has 0 saturated carbocycles. The minimum absolute atomic E-state index is 0.216. The van der Waals surface area contributed by atoms with Crippen LogP contribution in [0.5, 0.6) is 0 Å². The SMILES string of the molecule is CC(C)C[C@@H](NC(=O)C(=O)[C@H]1O[C@@H]1C(=O)O)N1CCN(S(=O)(=O)N(C)C)CC1. The molecular formula is C16H28N4O7S. The molecule has 28 heavy (non-hydrogen) atoms. The Morgan fingerprint density at radius 1 is 1.14 bits per heavy atom. The number of piperazine rings is 1. The standard InChI is InChI=1S/C16H28N4O7S/c1-10(2)9-11(17-15(22)12(21)13-14(27-13)16(23)24)19-5-7-20(8-6-19)28(25,26)18(3)4/h10-11,13-14H,5-9H2,1-4H3,(H,17,22)(H,23,24)/t11-,13+,14-/m0/s1. The van der Waals surface area contributed by atoms with Gasteiger partial charge in [0.1, 0.15) is 0 Å². The molecule has 12 heteroatoms. The van der Waals surface area contributed by atoms with Gasteiger partial charge in [-0.3, -0.25) is 14.5 Å². The van der Waals surface area contributed by atoms with Gasteiger partial charge in [-0.2, -0.15) is 17.0 Å². The van der Waals surface area contributed by atoms with Crippen LogP contribution in [-0.4, -0.2) is 103 Å². The van der Waals surface area contributed by atoms with Gasteiger partial charge in [-0.25, -0.2) is 4.79 Å². The number of carbonyl (C=O) groups excluding carboxylic acids is 2. The van der Waals surface area contributed by atoms with E-state index in [0.29, 0.717) is 19.5 Å². The zero-order valence-electron chi connectivity index (χ0n) is 16.5. The fraction of sp³-hybridized carbons (Fsp3) is 0.812. The predicted octanol–water partition coefficient (Wildman–Crippen LogP) is -1.68. The number of hydrogen-bond donors (Lipinski definition) is 2. The summed E-state index contributed by atoms with van der Waals surface area (Å²) in [6, 6.07) is 0. The van der Waals surface area contributed by atoms with Crippen LogP contribution < -0.4 is 5.32 Å². The fourth-order valence-corrected chi connectivity index (χ4v) is 4.16. The summed E-state index contributed by atoms with van der Waals surface area (Å²) in [4.78, 5) is 37.1. The summed E-state index contributed by atoms with van der Waals surface area (Å²) in [6.07, 6.45) is -2.39. The molecule has 2 N–H and O–H groups in total. The summed E-state index contributed by atoms with van der Waals surface area (Å²) >= 11 is 0. The Bertz CT molecular complexity index is 717. The van der Waals surface area contributed by atoms with Crippen molar-refractivity contribution in [1.29, 1.82) is 0 Å². The van der Waals surface area contributed by atoms with Crippen molar-refractivity contribution in [2.45, 2.75) is 38.6 Å². The number of amides is 1. The maximum atomic E-state index is 12.3. The Morgan fingerprint density at radius 2 is 1.71 bits per heavy atom. The Kier molecular flexibility index (Phi) is 7.15. The van der Waals surface area contributed by atoms with Crippen LogP contribution in [0.25, 0.3) is 0 Å². The van der Waals surface area contributed by atoms with Gasteiger partial charge in [-0.05, 0) is 12.3 Å². The highest BCUT2D eigenvalue weighted by atomic mass is 32.2. The first-order valence-electron chi connectivity index (χ1n) is 9.09. The number of epoxide rings is 1. The molecule has 2 saturated heterocycles. The van der Waals surface area contributed by atoms with Gasteiger partial charge in [-0.1, -0.05) is 13.8 Å². The van der Waals surface area contributed by atoms with Crippen molar-refractivity contribution in [3.05, 3.63) is 0 Å². The van der Waals surface area contributed by atoms with Gasteiger partial charge >= 0.3 is 5.97 Å². The van der Waals surface area contributed by atoms with Crippen LogP contribution in [0.3, 0.4) is 0 Å². The van der Waals surface area contributed by atoms with Gasteiger partial charge in [0, 0.05) is 40.3 Å². The number of ether oxygens (including phenoxy) is 1. The van der Waals surface area contributed by atoms with E-state index >= 15 is 0 Å². The second-order valence-electron chi connectivity index (χ2n) is 7.52. The maximum absolute atomic E-state index is 12.3. The zero-order chi connectivity index (χ0) is 21.2. The second-order valence-corrected chi connectivity index (χ2v) is 9.67. The summed E-state index contributed by atoms with van der Waals surface area (Å²) in [5.41, 5.74) is 0. The highest BCUT2D eigenvalue weighted by molar-refractivity contribution is 7.86. The average Bonchev–Trinajstić information content (AvgIpc) is 3.41. The van der Waals surface area contributed by atoms with Crippen molar-refractivity contribution in [3.8, 4) is 0 Å². The number of Topliss-reactive ketones (excluding diaryl/α,β-unsaturated/α-hetero) is 1. The first-order valence-corrected chi connectivity index (χ1v) is 10.5. The van der Waals surface area contributed by atoms with E-state index in [0.717, 1.165) is 4.31 Å². The maximum Gasteiger partial charge on any atom is 0.336 e. The molecule has 11 nitrogen and oxygen atoms in total. The summed E-state index contributed by atoms with van der Waals surface area (Å²) in [5.74, 6) is -2.85. The lowest BCUT2D eigenvalue weighted by Gasteiger charge is -2.40. The minimum Gasteiger partial charge on any atom is -0.479 e. The molecule has 2 aliphatic rings. The molecular weight excluding hydrogens is 392 g/mol. The number of hydrogen-bond acceptors (Lipinski definition) is 7. The largest absolute Gasteiger partial charge is 0.479 e. The van der Waals surface area contributed by atoms with E-state index in [9.17, 15) is 22.8 Å². The third-order valence-corrected chi connectivity index (χ3v) is 6.65. The van der Waals surface area contributed by atoms with Crippen LogP contribution in [0.15, 0.2) is 0 Å². The number of ketones is 1. The summed E-state index contributed by atoms with van der Waals surface area (Å²) in [7, 11) is -0.556. The molecule has 0 unspecified atom stereocenters. The van der Waals surface area contributed by atoms with Gasteiger partial charge in [0.25, 0.3) is 21.9 Å². The number of nitrogens with zero attached hydrogens (tertiary/aromatic N) is 3. The molecule has 2 rings (SSSR count). The van der Waals surface area contributed by atoms with Gasteiger partial charge in [0.2, 0.25) is 0 Å². The third kappa shape index (κ3) is 5.26. The highest BCUT2D eigenvalue weighted by Gasteiger charge is 2.52. The van der Waals surface area contributed by atoms with Gasteiger partial charge < -0.3 is 15.2 Å². The molecule has 3 atom stereocenters. The van der Waals surface area contributed by atoms with Crippen molar-refractivity contribution < 1.29 is 32.6 Å². The Morgan fingerprint density at radius 3 is 2.14 bits per heavy atom. The highest BCUT2D eigenvalue weighted by Crippen LogP contribution is 2.23. The molecule has 0 bridgehead atoms. The Balaban J connectivity index is 1.98. The van der Waals surface area contributed by atoms with Gasteiger partial charge in [0.15, 0.2) is 12.2 Å². The molecule has 160 valence electrons. The average molecular weight is 420 g/mol. The zero-order valence-corrected chi connectivity index (χ0v) is 17.3. The molecule has 0 aliphatic carbocycles. The summed E-state index contributed by atoms with van der Waals surface area (Å²) in [6.45, 7) is 5.28. The number of nitrogens with one attached hydrogen (secondary N) is 1. The van der Waals surface area contributed by atoms with E-state index in [1.807, 2.05) is 18.7 Å². The Hall–Kier alpha value is -1.60. The molecule has 2 fully saturated rings. The topological polar surface area (TPSA) is 140 Å². The van der Waals surface area contributed by atoms with E-state index in [1.54, 1.807) is 0 Å². The van der Waals surface area contributed by atoms with Crippen molar-refractivity contribution in [1.82, 2.24) is 18.8 Å². The van der Waals surface area contributed by atoms with E-state index in [2.05, 4.69) is 5.32 Å².